The number of aliphatic hydroxyl groups excluding tert-OH is 1. The first-order valence-electron chi connectivity index (χ1n) is 7.22. The molecule has 3 aliphatic rings. The molecule has 1 amide bonds. The van der Waals surface area contributed by atoms with Crippen LogP contribution in [-0.2, 0) is 4.79 Å². The molecule has 0 aromatic heterocycles. The van der Waals surface area contributed by atoms with Gasteiger partial charge in [-0.05, 0) is 37.6 Å². The molecule has 0 spiro atoms. The van der Waals surface area contributed by atoms with Crippen LogP contribution in [0.4, 0.5) is 0 Å². The lowest BCUT2D eigenvalue weighted by Gasteiger charge is -2.49. The van der Waals surface area contributed by atoms with Crippen molar-refractivity contribution in [3.8, 4) is 0 Å². The van der Waals surface area contributed by atoms with Crippen molar-refractivity contribution < 1.29 is 9.90 Å². The molecule has 1 heterocycles. The Kier molecular flexibility index (Phi) is 2.90. The third-order valence-electron chi connectivity index (χ3n) is 5.56. The molecule has 18 heavy (non-hydrogen) atoms. The van der Waals surface area contributed by atoms with E-state index in [1.54, 1.807) is 0 Å². The van der Waals surface area contributed by atoms with Crippen LogP contribution in [-0.4, -0.2) is 35.7 Å². The quantitative estimate of drug-likeness (QED) is 0.676. The van der Waals surface area contributed by atoms with E-state index in [1.165, 1.54) is 19.3 Å². The zero-order valence-corrected chi connectivity index (χ0v) is 11.3. The summed E-state index contributed by atoms with van der Waals surface area (Å²) in [6, 6.07) is 0.133. The second-order valence-electron chi connectivity index (χ2n) is 6.87. The lowest BCUT2D eigenvalue weighted by Crippen LogP contribution is -2.63. The van der Waals surface area contributed by atoms with Crippen LogP contribution in [0.15, 0.2) is 0 Å². The van der Waals surface area contributed by atoms with E-state index < -0.39 is 0 Å². The molecule has 102 valence electrons. The van der Waals surface area contributed by atoms with Crippen molar-refractivity contribution in [2.45, 2.75) is 57.7 Å². The number of carbonyl (C=O) groups excluding carboxylic acids is 1. The van der Waals surface area contributed by atoms with Crippen molar-refractivity contribution >= 4 is 5.91 Å². The smallest absolute Gasteiger partial charge is 0.237 e. The van der Waals surface area contributed by atoms with Gasteiger partial charge in [0.25, 0.3) is 0 Å². The third-order valence-corrected chi connectivity index (χ3v) is 5.56. The van der Waals surface area contributed by atoms with Crippen molar-refractivity contribution in [3.05, 3.63) is 0 Å². The average Bonchev–Trinajstić information content (AvgIpc) is 2.89. The number of aliphatic hydroxyl groups is 1. The van der Waals surface area contributed by atoms with E-state index >= 15 is 0 Å². The third kappa shape index (κ3) is 1.77. The molecule has 4 heteroatoms. The van der Waals surface area contributed by atoms with Crippen LogP contribution >= 0.6 is 0 Å². The summed E-state index contributed by atoms with van der Waals surface area (Å²) in [5, 5.41) is 16.2. The van der Waals surface area contributed by atoms with Crippen LogP contribution < -0.4 is 10.6 Å². The standard InChI is InChI=1S/C14H24N2O2/c1-14(2)10(6-11(14)17)16-13(18)12-9-5-3-4-8(9)7-15-12/h8-12,15,17H,3-7H2,1-2H3,(H,16,18). The van der Waals surface area contributed by atoms with Crippen LogP contribution in [0, 0.1) is 17.3 Å². The first-order chi connectivity index (χ1) is 8.50. The Balaban J connectivity index is 1.59. The van der Waals surface area contributed by atoms with Gasteiger partial charge in [-0.3, -0.25) is 4.79 Å². The number of nitrogens with one attached hydrogen (secondary N) is 2. The Hall–Kier alpha value is -0.610. The monoisotopic (exact) mass is 252 g/mol. The maximum absolute atomic E-state index is 12.3. The SMILES string of the molecule is CC1(C)C(O)CC1NC(=O)C1NCC2CCCC21. The lowest BCUT2D eigenvalue weighted by molar-refractivity contribution is -0.131. The zero-order chi connectivity index (χ0) is 12.9. The van der Waals surface area contributed by atoms with Crippen LogP contribution in [0.1, 0.15) is 39.5 Å². The average molecular weight is 252 g/mol. The molecule has 3 rings (SSSR count). The molecule has 0 aromatic rings. The van der Waals surface area contributed by atoms with Gasteiger partial charge in [0.15, 0.2) is 0 Å². The Morgan fingerprint density at radius 3 is 2.83 bits per heavy atom. The van der Waals surface area contributed by atoms with Crippen molar-refractivity contribution in [1.82, 2.24) is 10.6 Å². The summed E-state index contributed by atoms with van der Waals surface area (Å²) in [6.45, 7) is 5.04. The van der Waals surface area contributed by atoms with Crippen LogP contribution in [0.5, 0.6) is 0 Å². The first-order valence-corrected chi connectivity index (χ1v) is 7.22. The van der Waals surface area contributed by atoms with E-state index in [2.05, 4.69) is 10.6 Å². The first kappa shape index (κ1) is 12.4. The fraction of sp³-hybridized carbons (Fsp3) is 0.929. The maximum Gasteiger partial charge on any atom is 0.237 e. The van der Waals surface area contributed by atoms with Crippen LogP contribution in [0.3, 0.4) is 0 Å². The number of carbonyl (C=O) groups is 1. The highest BCUT2D eigenvalue weighted by molar-refractivity contribution is 5.83. The van der Waals surface area contributed by atoms with Gasteiger partial charge in [-0.25, -0.2) is 0 Å². The summed E-state index contributed by atoms with van der Waals surface area (Å²) in [7, 11) is 0. The molecule has 5 atom stereocenters. The Morgan fingerprint density at radius 2 is 2.17 bits per heavy atom. The minimum Gasteiger partial charge on any atom is -0.392 e. The van der Waals surface area contributed by atoms with E-state index in [1.807, 2.05) is 13.8 Å². The number of hydrogen-bond acceptors (Lipinski definition) is 3. The molecule has 3 fully saturated rings. The van der Waals surface area contributed by atoms with Crippen molar-refractivity contribution in [1.29, 1.82) is 0 Å². The van der Waals surface area contributed by atoms with E-state index in [0.717, 1.165) is 6.54 Å². The second-order valence-corrected chi connectivity index (χ2v) is 6.87. The fourth-order valence-corrected chi connectivity index (χ4v) is 3.88. The summed E-state index contributed by atoms with van der Waals surface area (Å²) in [6.07, 6.45) is 4.15. The van der Waals surface area contributed by atoms with Gasteiger partial charge in [0.2, 0.25) is 5.91 Å². The van der Waals surface area contributed by atoms with Gasteiger partial charge in [0, 0.05) is 11.5 Å². The molecule has 1 aliphatic heterocycles. The van der Waals surface area contributed by atoms with Gasteiger partial charge in [0.1, 0.15) is 0 Å². The Labute approximate surface area is 109 Å². The summed E-state index contributed by atoms with van der Waals surface area (Å²) >= 11 is 0. The normalized spacial score (nSPS) is 45.4. The predicted molar refractivity (Wildman–Crippen MR) is 69.0 cm³/mol. The number of fused-ring (bicyclic) bond motifs is 1. The fourth-order valence-electron chi connectivity index (χ4n) is 3.88. The van der Waals surface area contributed by atoms with Crippen molar-refractivity contribution in [2.75, 3.05) is 6.54 Å². The molecule has 4 nitrogen and oxygen atoms in total. The molecule has 2 saturated carbocycles. The second kappa shape index (κ2) is 4.20. The van der Waals surface area contributed by atoms with Gasteiger partial charge in [-0.15, -0.1) is 0 Å². The Bertz CT molecular complexity index is 356. The zero-order valence-electron chi connectivity index (χ0n) is 11.3. The number of amides is 1. The lowest BCUT2D eigenvalue weighted by atomic mass is 9.64. The van der Waals surface area contributed by atoms with Gasteiger partial charge in [-0.1, -0.05) is 20.3 Å². The van der Waals surface area contributed by atoms with Gasteiger partial charge in [-0.2, -0.15) is 0 Å². The number of hydrogen-bond donors (Lipinski definition) is 3. The van der Waals surface area contributed by atoms with Crippen LogP contribution in [0.2, 0.25) is 0 Å². The van der Waals surface area contributed by atoms with Crippen molar-refractivity contribution in [2.24, 2.45) is 17.3 Å². The molecule has 0 aromatic carbocycles. The molecule has 1 saturated heterocycles. The molecule has 2 aliphatic carbocycles. The molecule has 0 bridgehead atoms. The maximum atomic E-state index is 12.3. The predicted octanol–water partition coefficient (Wildman–Crippen LogP) is 0.650. The van der Waals surface area contributed by atoms with E-state index in [0.29, 0.717) is 18.3 Å². The highest BCUT2D eigenvalue weighted by Gasteiger charge is 2.50. The summed E-state index contributed by atoms with van der Waals surface area (Å²) in [5.41, 5.74) is -0.177. The van der Waals surface area contributed by atoms with Gasteiger partial charge < -0.3 is 15.7 Å². The number of rotatable bonds is 2. The summed E-state index contributed by atoms with van der Waals surface area (Å²) in [4.78, 5) is 12.3. The highest BCUT2D eigenvalue weighted by atomic mass is 16.3. The van der Waals surface area contributed by atoms with Gasteiger partial charge in [0.05, 0.1) is 12.1 Å². The Morgan fingerprint density at radius 1 is 1.39 bits per heavy atom. The highest BCUT2D eigenvalue weighted by Crippen LogP contribution is 2.41. The summed E-state index contributed by atoms with van der Waals surface area (Å²) in [5.74, 6) is 1.40. The molecule has 5 unspecified atom stereocenters. The minimum absolute atomic E-state index is 0.00560. The topological polar surface area (TPSA) is 61.4 Å². The summed E-state index contributed by atoms with van der Waals surface area (Å²) < 4.78 is 0. The van der Waals surface area contributed by atoms with Crippen LogP contribution in [0.25, 0.3) is 0 Å². The minimum atomic E-state index is -0.279. The molecular formula is C14H24N2O2. The molecule has 0 radical (unpaired) electrons. The van der Waals surface area contributed by atoms with Gasteiger partial charge >= 0.3 is 0 Å². The largest absolute Gasteiger partial charge is 0.392 e. The van der Waals surface area contributed by atoms with E-state index in [-0.39, 0.29) is 29.5 Å². The molecule has 3 N–H and O–H groups in total. The van der Waals surface area contributed by atoms with Crippen molar-refractivity contribution in [3.63, 3.8) is 0 Å². The molecular weight excluding hydrogens is 228 g/mol. The van der Waals surface area contributed by atoms with E-state index in [4.69, 9.17) is 0 Å². The van der Waals surface area contributed by atoms with E-state index in [9.17, 15) is 9.90 Å².